The van der Waals surface area contributed by atoms with Crippen molar-refractivity contribution in [2.24, 2.45) is 0 Å². The van der Waals surface area contributed by atoms with Gasteiger partial charge < -0.3 is 25.6 Å². The van der Waals surface area contributed by atoms with Crippen LogP contribution < -0.4 is 20.7 Å². The van der Waals surface area contributed by atoms with Crippen LogP contribution in [0, 0.1) is 0 Å². The van der Waals surface area contributed by atoms with Crippen molar-refractivity contribution in [2.75, 3.05) is 50.2 Å². The summed E-state index contributed by atoms with van der Waals surface area (Å²) in [5.41, 5.74) is 9.57. The van der Waals surface area contributed by atoms with E-state index in [2.05, 4.69) is 25.1 Å². The summed E-state index contributed by atoms with van der Waals surface area (Å²) < 4.78 is 45.9. The number of fused-ring (bicyclic) bond motifs is 1. The van der Waals surface area contributed by atoms with Gasteiger partial charge in [0.2, 0.25) is 5.95 Å². The molecule has 9 nitrogen and oxygen atoms in total. The fraction of sp³-hybridized carbons (Fsp3) is 0.435. The van der Waals surface area contributed by atoms with Gasteiger partial charge in [-0.05, 0) is 45.5 Å². The standard InChI is InChI=1S/C23H29F3N8O/c1-32(2)10-11-33(3)20-13-21(35-23(24,25)26)18(12-16(20)27)31-22-28-8-7-17(30-22)15-14-29-34-9-5-4-6-19(15)34/h7-8,12-14H,4-6,9-11,27H2,1-3H3,(H,28,30,31). The minimum atomic E-state index is -4.88. The van der Waals surface area contributed by atoms with Crippen LogP contribution >= 0.6 is 0 Å². The molecule has 2 aromatic heterocycles. The number of likely N-dealkylation sites (N-methyl/N-ethyl adjacent to an activating group) is 2. The summed E-state index contributed by atoms with van der Waals surface area (Å²) in [6.07, 6.45) is 1.48. The number of hydrogen-bond donors (Lipinski definition) is 2. The molecule has 35 heavy (non-hydrogen) atoms. The van der Waals surface area contributed by atoms with E-state index in [0.29, 0.717) is 30.2 Å². The quantitative estimate of drug-likeness (QED) is 0.459. The highest BCUT2D eigenvalue weighted by atomic mass is 19.4. The third-order valence-electron chi connectivity index (χ3n) is 5.81. The Morgan fingerprint density at radius 3 is 2.71 bits per heavy atom. The van der Waals surface area contributed by atoms with Crippen LogP contribution in [0.15, 0.2) is 30.6 Å². The Balaban J connectivity index is 1.65. The van der Waals surface area contributed by atoms with Crippen molar-refractivity contribution < 1.29 is 17.9 Å². The van der Waals surface area contributed by atoms with Crippen molar-refractivity contribution in [3.8, 4) is 17.0 Å². The fourth-order valence-electron chi connectivity index (χ4n) is 4.02. The number of ether oxygens (including phenoxy) is 1. The van der Waals surface area contributed by atoms with Crippen LogP contribution in [0.4, 0.5) is 36.2 Å². The summed E-state index contributed by atoms with van der Waals surface area (Å²) in [4.78, 5) is 12.5. The largest absolute Gasteiger partial charge is 0.573 e. The molecule has 0 unspecified atom stereocenters. The number of hydrogen-bond acceptors (Lipinski definition) is 8. The maximum absolute atomic E-state index is 13.2. The molecule has 0 radical (unpaired) electrons. The van der Waals surface area contributed by atoms with Gasteiger partial charge in [0.25, 0.3) is 0 Å². The lowest BCUT2D eigenvalue weighted by molar-refractivity contribution is -0.274. The molecule has 0 amide bonds. The Morgan fingerprint density at radius 1 is 1.17 bits per heavy atom. The number of rotatable bonds is 8. The SMILES string of the molecule is CN(C)CCN(C)c1cc(OC(F)(F)F)c(Nc2nccc(-c3cnn4c3CCCC4)n2)cc1N. The van der Waals surface area contributed by atoms with E-state index in [9.17, 15) is 13.2 Å². The molecule has 0 atom stereocenters. The predicted molar refractivity (Wildman–Crippen MR) is 129 cm³/mol. The number of nitrogens with two attached hydrogens (primary N) is 1. The van der Waals surface area contributed by atoms with E-state index in [1.54, 1.807) is 30.4 Å². The molecule has 0 spiro atoms. The Hall–Kier alpha value is -3.54. The normalized spacial score (nSPS) is 13.6. The van der Waals surface area contributed by atoms with Crippen molar-refractivity contribution in [1.82, 2.24) is 24.6 Å². The second-order valence-electron chi connectivity index (χ2n) is 8.76. The Morgan fingerprint density at radius 2 is 1.97 bits per heavy atom. The Labute approximate surface area is 201 Å². The van der Waals surface area contributed by atoms with Gasteiger partial charge >= 0.3 is 6.36 Å². The molecule has 0 saturated heterocycles. The molecule has 1 aliphatic rings. The summed E-state index contributed by atoms with van der Waals surface area (Å²) in [5, 5.41) is 7.29. The predicted octanol–water partition coefficient (Wildman–Crippen LogP) is 3.90. The highest BCUT2D eigenvalue weighted by Gasteiger charge is 2.33. The number of nitrogens with one attached hydrogen (secondary N) is 1. The van der Waals surface area contributed by atoms with E-state index in [-0.39, 0.29) is 11.6 Å². The van der Waals surface area contributed by atoms with Crippen LogP contribution in [0.2, 0.25) is 0 Å². The lowest BCUT2D eigenvalue weighted by Crippen LogP contribution is -2.29. The van der Waals surface area contributed by atoms with Gasteiger partial charge in [0.05, 0.1) is 29.0 Å². The maximum atomic E-state index is 13.2. The lowest BCUT2D eigenvalue weighted by Gasteiger charge is -2.25. The van der Waals surface area contributed by atoms with Gasteiger partial charge in [0, 0.05) is 50.2 Å². The van der Waals surface area contributed by atoms with Crippen molar-refractivity contribution in [3.05, 3.63) is 36.3 Å². The van der Waals surface area contributed by atoms with Crippen LogP contribution in [0.1, 0.15) is 18.5 Å². The Kier molecular flexibility index (Phi) is 7.01. The fourth-order valence-corrected chi connectivity index (χ4v) is 4.02. The van der Waals surface area contributed by atoms with Crippen molar-refractivity contribution in [3.63, 3.8) is 0 Å². The zero-order valence-electron chi connectivity index (χ0n) is 19.9. The first-order valence-electron chi connectivity index (χ1n) is 11.3. The van der Waals surface area contributed by atoms with E-state index in [1.165, 1.54) is 12.1 Å². The zero-order valence-corrected chi connectivity index (χ0v) is 19.9. The topological polar surface area (TPSA) is 97.4 Å². The smallest absolute Gasteiger partial charge is 0.403 e. The number of aryl methyl sites for hydroxylation is 1. The molecular weight excluding hydrogens is 461 g/mol. The van der Waals surface area contributed by atoms with Crippen LogP contribution in [-0.2, 0) is 13.0 Å². The van der Waals surface area contributed by atoms with Gasteiger partial charge in [-0.2, -0.15) is 5.10 Å². The summed E-state index contributed by atoms with van der Waals surface area (Å²) in [6, 6.07) is 4.43. The van der Waals surface area contributed by atoms with E-state index >= 15 is 0 Å². The van der Waals surface area contributed by atoms with Crippen LogP contribution in [0.3, 0.4) is 0 Å². The molecule has 0 saturated carbocycles. The highest BCUT2D eigenvalue weighted by Crippen LogP contribution is 2.39. The number of alkyl halides is 3. The van der Waals surface area contributed by atoms with Crippen LogP contribution in [-0.4, -0.2) is 65.2 Å². The Bertz CT molecular complexity index is 1180. The van der Waals surface area contributed by atoms with Gasteiger partial charge in [-0.25, -0.2) is 9.97 Å². The number of benzene rings is 1. The molecule has 188 valence electrons. The van der Waals surface area contributed by atoms with Crippen molar-refractivity contribution >= 4 is 23.0 Å². The number of nitrogens with zero attached hydrogens (tertiary/aromatic N) is 6. The van der Waals surface area contributed by atoms with Crippen LogP contribution in [0.25, 0.3) is 11.3 Å². The average molecular weight is 491 g/mol. The average Bonchev–Trinajstić information content (AvgIpc) is 3.23. The molecule has 4 rings (SSSR count). The third kappa shape index (κ3) is 5.94. The summed E-state index contributed by atoms with van der Waals surface area (Å²) in [7, 11) is 5.59. The van der Waals surface area contributed by atoms with Crippen LogP contribution in [0.5, 0.6) is 5.75 Å². The monoisotopic (exact) mass is 490 g/mol. The van der Waals surface area contributed by atoms with E-state index < -0.39 is 12.1 Å². The first-order valence-corrected chi connectivity index (χ1v) is 11.3. The molecule has 3 aromatic rings. The van der Waals surface area contributed by atoms with E-state index in [4.69, 9.17) is 5.73 Å². The minimum absolute atomic E-state index is 0.0127. The lowest BCUT2D eigenvalue weighted by atomic mass is 10.0. The molecular formula is C23H29F3N8O. The third-order valence-corrected chi connectivity index (χ3v) is 5.81. The molecule has 0 bridgehead atoms. The summed E-state index contributed by atoms with van der Waals surface area (Å²) in [6.45, 7) is 2.12. The van der Waals surface area contributed by atoms with Gasteiger partial charge in [0.15, 0.2) is 5.75 Å². The van der Waals surface area contributed by atoms with Gasteiger partial charge in [0.1, 0.15) is 0 Å². The molecule has 12 heteroatoms. The molecule has 1 aliphatic heterocycles. The van der Waals surface area contributed by atoms with Gasteiger partial charge in [-0.15, -0.1) is 13.2 Å². The number of aromatic nitrogens is 4. The van der Waals surface area contributed by atoms with Crippen molar-refractivity contribution in [1.29, 1.82) is 0 Å². The maximum Gasteiger partial charge on any atom is 0.573 e. The summed E-state index contributed by atoms with van der Waals surface area (Å²) in [5.74, 6) is -0.297. The molecule has 1 aromatic carbocycles. The van der Waals surface area contributed by atoms with Gasteiger partial charge in [-0.3, -0.25) is 4.68 Å². The second kappa shape index (κ2) is 9.98. The van der Waals surface area contributed by atoms with E-state index in [1.807, 2.05) is 23.7 Å². The first-order chi connectivity index (χ1) is 16.6. The number of anilines is 4. The molecule has 3 N–H and O–H groups in total. The first kappa shape index (κ1) is 24.6. The second-order valence-corrected chi connectivity index (χ2v) is 8.76. The molecule has 3 heterocycles. The number of halogens is 3. The molecule has 0 aliphatic carbocycles. The zero-order chi connectivity index (χ0) is 25.2. The number of nitrogen functional groups attached to an aromatic ring is 1. The van der Waals surface area contributed by atoms with Gasteiger partial charge in [-0.1, -0.05) is 0 Å². The molecule has 0 fully saturated rings. The van der Waals surface area contributed by atoms with E-state index in [0.717, 1.165) is 37.1 Å². The van der Waals surface area contributed by atoms with Crippen molar-refractivity contribution in [2.45, 2.75) is 32.2 Å². The minimum Gasteiger partial charge on any atom is -0.403 e. The summed E-state index contributed by atoms with van der Waals surface area (Å²) >= 11 is 0. The highest BCUT2D eigenvalue weighted by molar-refractivity contribution is 5.79.